The van der Waals surface area contributed by atoms with Gasteiger partial charge >= 0.3 is 0 Å². The summed E-state index contributed by atoms with van der Waals surface area (Å²) in [4.78, 5) is 4.45. The van der Waals surface area contributed by atoms with Crippen LogP contribution < -0.4 is 4.90 Å². The molecule has 3 aromatic rings. The van der Waals surface area contributed by atoms with Gasteiger partial charge in [-0.1, -0.05) is 0 Å². The largest absolute Gasteiger partial charge is 0.361 e. The monoisotopic (exact) mass is 340 g/mol. The number of hydrogen-bond donors (Lipinski definition) is 1. The summed E-state index contributed by atoms with van der Waals surface area (Å²) in [5, 5.41) is 20.8. The van der Waals surface area contributed by atoms with E-state index in [2.05, 4.69) is 36.5 Å². The zero-order chi connectivity index (χ0) is 17.4. The molecule has 0 radical (unpaired) electrons. The van der Waals surface area contributed by atoms with Gasteiger partial charge in [-0.15, -0.1) is 15.3 Å². The Kier molecular flexibility index (Phi) is 4.12. The molecule has 3 aromatic heterocycles. The molecule has 25 heavy (non-hydrogen) atoms. The standard InChI is InChI=1S/C17H24N8/c1-12-10-14(19-18-12)11-24-8-6-13(7-9-24)17-21-20-15-4-5-16(23(2)3)22-25(15)17/h4-5,10,13H,6-9,11H2,1-3H3,(H,18,19). The fourth-order valence-corrected chi connectivity index (χ4v) is 3.42. The lowest BCUT2D eigenvalue weighted by atomic mass is 9.96. The van der Waals surface area contributed by atoms with Crippen molar-refractivity contribution in [2.45, 2.75) is 32.2 Å². The highest BCUT2D eigenvalue weighted by Gasteiger charge is 2.25. The van der Waals surface area contributed by atoms with Gasteiger partial charge < -0.3 is 4.90 Å². The molecule has 1 N–H and O–H groups in total. The van der Waals surface area contributed by atoms with Gasteiger partial charge in [-0.05, 0) is 51.1 Å². The van der Waals surface area contributed by atoms with Gasteiger partial charge in [-0.3, -0.25) is 10.00 Å². The van der Waals surface area contributed by atoms with Crippen LogP contribution in [0.2, 0.25) is 0 Å². The van der Waals surface area contributed by atoms with Crippen molar-refractivity contribution in [3.8, 4) is 0 Å². The van der Waals surface area contributed by atoms with E-state index in [1.54, 1.807) is 0 Å². The number of rotatable bonds is 4. The summed E-state index contributed by atoms with van der Waals surface area (Å²) in [6.07, 6.45) is 2.14. The number of aryl methyl sites for hydroxylation is 1. The fraction of sp³-hybridized carbons (Fsp3) is 0.529. The number of likely N-dealkylation sites (tertiary alicyclic amines) is 1. The fourth-order valence-electron chi connectivity index (χ4n) is 3.42. The summed E-state index contributed by atoms with van der Waals surface area (Å²) in [5.74, 6) is 2.30. The highest BCUT2D eigenvalue weighted by Crippen LogP contribution is 2.27. The molecule has 0 aliphatic carbocycles. The molecule has 0 atom stereocenters. The molecule has 4 rings (SSSR count). The van der Waals surface area contributed by atoms with Crippen LogP contribution >= 0.6 is 0 Å². The van der Waals surface area contributed by atoms with E-state index in [-0.39, 0.29) is 0 Å². The predicted molar refractivity (Wildman–Crippen MR) is 95.7 cm³/mol. The first-order valence-corrected chi connectivity index (χ1v) is 8.73. The van der Waals surface area contributed by atoms with E-state index in [0.717, 1.165) is 61.2 Å². The van der Waals surface area contributed by atoms with Gasteiger partial charge in [0.2, 0.25) is 0 Å². The van der Waals surface area contributed by atoms with E-state index in [1.807, 2.05) is 42.6 Å². The number of aromatic amines is 1. The van der Waals surface area contributed by atoms with Crippen LogP contribution in [-0.4, -0.2) is 62.1 Å². The lowest BCUT2D eigenvalue weighted by Crippen LogP contribution is -2.33. The van der Waals surface area contributed by atoms with Gasteiger partial charge in [0, 0.05) is 32.3 Å². The Bertz CT molecular complexity index is 857. The number of fused-ring (bicyclic) bond motifs is 1. The van der Waals surface area contributed by atoms with Crippen LogP contribution in [0, 0.1) is 6.92 Å². The Morgan fingerprint density at radius 2 is 2.00 bits per heavy atom. The van der Waals surface area contributed by atoms with Crippen molar-refractivity contribution in [1.29, 1.82) is 0 Å². The summed E-state index contributed by atoms with van der Waals surface area (Å²) < 4.78 is 1.91. The van der Waals surface area contributed by atoms with E-state index in [9.17, 15) is 0 Å². The molecule has 0 amide bonds. The molecule has 0 aromatic carbocycles. The van der Waals surface area contributed by atoms with Crippen LogP contribution in [0.25, 0.3) is 5.65 Å². The van der Waals surface area contributed by atoms with Crippen LogP contribution in [0.5, 0.6) is 0 Å². The number of piperidine rings is 1. The lowest BCUT2D eigenvalue weighted by molar-refractivity contribution is 0.199. The maximum atomic E-state index is 4.69. The number of hydrogen-bond acceptors (Lipinski definition) is 6. The number of nitrogens with zero attached hydrogens (tertiary/aromatic N) is 7. The van der Waals surface area contributed by atoms with E-state index < -0.39 is 0 Å². The molecule has 0 bridgehead atoms. The first kappa shape index (κ1) is 16.0. The minimum absolute atomic E-state index is 0.400. The summed E-state index contributed by atoms with van der Waals surface area (Å²) in [7, 11) is 3.99. The van der Waals surface area contributed by atoms with Gasteiger partial charge in [-0.25, -0.2) is 0 Å². The number of anilines is 1. The second-order valence-electron chi connectivity index (χ2n) is 7.01. The summed E-state index contributed by atoms with van der Waals surface area (Å²) >= 11 is 0. The minimum atomic E-state index is 0.400. The lowest BCUT2D eigenvalue weighted by Gasteiger charge is -2.30. The Morgan fingerprint density at radius 3 is 2.68 bits per heavy atom. The molecule has 0 saturated carbocycles. The summed E-state index contributed by atoms with van der Waals surface area (Å²) in [6.45, 7) is 5.02. The third-order valence-electron chi connectivity index (χ3n) is 4.83. The van der Waals surface area contributed by atoms with Crippen molar-refractivity contribution in [3.63, 3.8) is 0 Å². The highest BCUT2D eigenvalue weighted by atomic mass is 15.4. The van der Waals surface area contributed by atoms with Crippen molar-refractivity contribution in [1.82, 2.24) is 34.9 Å². The molecule has 8 heteroatoms. The second-order valence-corrected chi connectivity index (χ2v) is 7.01. The zero-order valence-corrected chi connectivity index (χ0v) is 15.0. The Morgan fingerprint density at radius 1 is 1.20 bits per heavy atom. The normalized spacial score (nSPS) is 16.6. The molecule has 0 spiro atoms. The highest BCUT2D eigenvalue weighted by molar-refractivity contribution is 5.45. The molecule has 1 saturated heterocycles. The van der Waals surface area contributed by atoms with Crippen LogP contribution in [0.3, 0.4) is 0 Å². The molecule has 4 heterocycles. The molecular formula is C17H24N8. The van der Waals surface area contributed by atoms with E-state index >= 15 is 0 Å². The van der Waals surface area contributed by atoms with Gasteiger partial charge in [0.1, 0.15) is 5.82 Å². The van der Waals surface area contributed by atoms with Crippen LogP contribution in [0.15, 0.2) is 18.2 Å². The molecule has 0 unspecified atom stereocenters. The maximum Gasteiger partial charge on any atom is 0.178 e. The van der Waals surface area contributed by atoms with Crippen LogP contribution in [0.4, 0.5) is 5.82 Å². The molecular weight excluding hydrogens is 316 g/mol. The molecule has 1 aliphatic heterocycles. The quantitative estimate of drug-likeness (QED) is 0.777. The Hall–Kier alpha value is -2.48. The number of aromatic nitrogens is 6. The summed E-state index contributed by atoms with van der Waals surface area (Å²) in [5.41, 5.74) is 3.04. The maximum absolute atomic E-state index is 4.69. The van der Waals surface area contributed by atoms with Crippen LogP contribution in [-0.2, 0) is 6.54 Å². The van der Waals surface area contributed by atoms with Crippen LogP contribution in [0.1, 0.15) is 36.0 Å². The average molecular weight is 340 g/mol. The van der Waals surface area contributed by atoms with Gasteiger partial charge in [0.25, 0.3) is 0 Å². The average Bonchev–Trinajstić information content (AvgIpc) is 3.21. The SMILES string of the molecule is Cc1cc(CN2CCC(c3nnc4ccc(N(C)C)nn34)CC2)n[nH]1. The van der Waals surface area contributed by atoms with E-state index in [4.69, 9.17) is 0 Å². The van der Waals surface area contributed by atoms with Crippen molar-refractivity contribution in [2.24, 2.45) is 0 Å². The minimum Gasteiger partial charge on any atom is -0.361 e. The smallest absolute Gasteiger partial charge is 0.178 e. The topological polar surface area (TPSA) is 78.2 Å². The summed E-state index contributed by atoms with van der Waals surface area (Å²) in [6, 6.07) is 6.07. The Balaban J connectivity index is 1.47. The van der Waals surface area contributed by atoms with Gasteiger partial charge in [0.05, 0.1) is 5.69 Å². The number of nitrogens with one attached hydrogen (secondary N) is 1. The van der Waals surface area contributed by atoms with E-state index in [0.29, 0.717) is 5.92 Å². The molecule has 132 valence electrons. The van der Waals surface area contributed by atoms with Crippen molar-refractivity contribution in [3.05, 3.63) is 35.4 Å². The second kappa shape index (κ2) is 6.44. The first-order chi connectivity index (χ1) is 12.1. The van der Waals surface area contributed by atoms with E-state index in [1.165, 1.54) is 0 Å². The first-order valence-electron chi connectivity index (χ1n) is 8.73. The zero-order valence-electron chi connectivity index (χ0n) is 15.0. The van der Waals surface area contributed by atoms with Crippen molar-refractivity contribution >= 4 is 11.5 Å². The van der Waals surface area contributed by atoms with Gasteiger partial charge in [0.15, 0.2) is 11.5 Å². The molecule has 1 fully saturated rings. The van der Waals surface area contributed by atoms with Crippen molar-refractivity contribution in [2.75, 3.05) is 32.1 Å². The number of H-pyrrole nitrogens is 1. The third kappa shape index (κ3) is 3.21. The molecule has 8 nitrogen and oxygen atoms in total. The Labute approximate surface area is 146 Å². The predicted octanol–water partition coefficient (Wildman–Crippen LogP) is 1.60. The third-order valence-corrected chi connectivity index (χ3v) is 4.83. The van der Waals surface area contributed by atoms with Gasteiger partial charge in [-0.2, -0.15) is 9.61 Å². The molecule has 1 aliphatic rings. The van der Waals surface area contributed by atoms with Crippen molar-refractivity contribution < 1.29 is 0 Å².